The van der Waals surface area contributed by atoms with Crippen molar-refractivity contribution in [3.05, 3.63) is 78.9 Å². The predicted octanol–water partition coefficient (Wildman–Crippen LogP) is 4.43. The van der Waals surface area contributed by atoms with Crippen LogP contribution < -0.4 is 4.90 Å². The summed E-state index contributed by atoms with van der Waals surface area (Å²) in [5.74, 6) is 0. The highest BCUT2D eigenvalue weighted by atomic mass is 32.2. The molecule has 0 amide bonds. The van der Waals surface area contributed by atoms with Crippen LogP contribution in [-0.4, -0.2) is 54.2 Å². The van der Waals surface area contributed by atoms with Gasteiger partial charge in [0, 0.05) is 42.1 Å². The van der Waals surface area contributed by atoms with E-state index in [1.165, 1.54) is 16.1 Å². The lowest BCUT2D eigenvalue weighted by Gasteiger charge is -2.35. The summed E-state index contributed by atoms with van der Waals surface area (Å²) >= 11 is 1.40. The topological polar surface area (TPSA) is 92.4 Å². The molecule has 176 valence electrons. The lowest BCUT2D eigenvalue weighted by Crippen LogP contribution is -2.48. The van der Waals surface area contributed by atoms with Gasteiger partial charge in [-0.05, 0) is 46.7 Å². The van der Waals surface area contributed by atoms with Crippen LogP contribution >= 0.6 is 11.8 Å². The highest BCUT2D eigenvalue weighted by molar-refractivity contribution is 7.99. The van der Waals surface area contributed by atoms with Crippen molar-refractivity contribution in [3.8, 4) is 0 Å². The van der Waals surface area contributed by atoms with E-state index in [-0.39, 0.29) is 10.4 Å². The average Bonchev–Trinajstić information content (AvgIpc) is 3.40. The lowest BCUT2D eigenvalue weighted by molar-refractivity contribution is 0.314. The molecule has 3 aromatic carbocycles. The number of sulfonamides is 1. The minimum atomic E-state index is -3.76. The predicted molar refractivity (Wildman–Crippen MR) is 135 cm³/mol. The van der Waals surface area contributed by atoms with Gasteiger partial charge in [0.15, 0.2) is 11.0 Å². The van der Waals surface area contributed by atoms with Crippen molar-refractivity contribution in [3.63, 3.8) is 0 Å². The van der Waals surface area contributed by atoms with Gasteiger partial charge in [-0.2, -0.15) is 4.31 Å². The molecule has 0 bridgehead atoms. The second kappa shape index (κ2) is 8.95. The maximum Gasteiger partial charge on any atom is 0.245 e. The molecule has 1 fully saturated rings. The standard InChI is InChI=1S/C25H21N5O3S2/c31-35(32,30-16-14-29(15-17-30)19-7-2-1-3-8-19)22-12-11-21(24-25(22)28-33-27-24)34-23-13-10-18-6-4-5-9-20(18)26-23/h1-13H,14-17H2. The van der Waals surface area contributed by atoms with Gasteiger partial charge in [0.2, 0.25) is 10.0 Å². The molecule has 0 unspecified atom stereocenters. The van der Waals surface area contributed by atoms with Crippen LogP contribution in [0.5, 0.6) is 0 Å². The Morgan fingerprint density at radius 1 is 0.771 bits per heavy atom. The second-order valence-electron chi connectivity index (χ2n) is 8.19. The van der Waals surface area contributed by atoms with Gasteiger partial charge in [-0.25, -0.2) is 18.0 Å². The Bertz CT molecular complexity index is 1610. The highest BCUT2D eigenvalue weighted by Gasteiger charge is 2.32. The fourth-order valence-electron chi connectivity index (χ4n) is 4.29. The molecule has 0 spiro atoms. The normalized spacial score (nSPS) is 15.1. The number of anilines is 1. The Morgan fingerprint density at radius 3 is 2.34 bits per heavy atom. The van der Waals surface area contributed by atoms with E-state index >= 15 is 0 Å². The summed E-state index contributed by atoms with van der Waals surface area (Å²) in [6, 6.07) is 25.2. The zero-order valence-electron chi connectivity index (χ0n) is 18.6. The van der Waals surface area contributed by atoms with Crippen LogP contribution in [0.4, 0.5) is 5.69 Å². The number of piperazine rings is 1. The van der Waals surface area contributed by atoms with Gasteiger partial charge in [-0.3, -0.25) is 0 Å². The lowest BCUT2D eigenvalue weighted by atomic mass is 10.2. The third-order valence-corrected chi connectivity index (χ3v) is 9.02. The van der Waals surface area contributed by atoms with E-state index in [0.29, 0.717) is 31.7 Å². The average molecular weight is 504 g/mol. The Labute approximate surface area is 206 Å². The van der Waals surface area contributed by atoms with Crippen LogP contribution in [0.1, 0.15) is 0 Å². The van der Waals surface area contributed by atoms with Gasteiger partial charge < -0.3 is 4.90 Å². The number of benzene rings is 3. The summed E-state index contributed by atoms with van der Waals surface area (Å²) in [6.07, 6.45) is 0. The zero-order valence-corrected chi connectivity index (χ0v) is 20.2. The van der Waals surface area contributed by atoms with Crippen LogP contribution in [-0.2, 0) is 10.0 Å². The molecule has 6 rings (SSSR count). The quantitative estimate of drug-likeness (QED) is 0.348. The zero-order chi connectivity index (χ0) is 23.8. The van der Waals surface area contributed by atoms with Crippen LogP contribution in [0.3, 0.4) is 0 Å². The largest absolute Gasteiger partial charge is 0.369 e. The Kier molecular flexibility index (Phi) is 5.63. The number of rotatable bonds is 5. The number of para-hydroxylation sites is 2. The van der Waals surface area contributed by atoms with Gasteiger partial charge in [0.05, 0.1) is 5.52 Å². The SMILES string of the molecule is O=S(=O)(c1ccc(Sc2ccc3ccccc3n2)c2nonc12)N1CCN(c2ccccc2)CC1. The minimum absolute atomic E-state index is 0.109. The van der Waals surface area contributed by atoms with Gasteiger partial charge in [0.1, 0.15) is 9.92 Å². The van der Waals surface area contributed by atoms with Gasteiger partial charge in [-0.1, -0.05) is 54.2 Å². The molecular weight excluding hydrogens is 482 g/mol. The van der Waals surface area contributed by atoms with Crippen LogP contribution in [0, 0.1) is 0 Å². The number of pyridine rings is 1. The van der Waals surface area contributed by atoms with Crippen molar-refractivity contribution in [2.24, 2.45) is 0 Å². The van der Waals surface area contributed by atoms with E-state index in [0.717, 1.165) is 26.5 Å². The van der Waals surface area contributed by atoms with Crippen molar-refractivity contribution in [1.82, 2.24) is 19.6 Å². The van der Waals surface area contributed by atoms with E-state index in [9.17, 15) is 8.42 Å². The molecule has 5 aromatic rings. The fraction of sp³-hybridized carbons (Fsp3) is 0.160. The third-order valence-electron chi connectivity index (χ3n) is 6.11. The molecule has 35 heavy (non-hydrogen) atoms. The molecule has 3 heterocycles. The van der Waals surface area contributed by atoms with Gasteiger partial charge >= 0.3 is 0 Å². The van der Waals surface area contributed by atoms with Gasteiger partial charge in [0.25, 0.3) is 0 Å². The van der Waals surface area contributed by atoms with Crippen LogP contribution in [0.15, 0.2) is 98.3 Å². The summed E-state index contributed by atoms with van der Waals surface area (Å²) in [4.78, 5) is 7.72. The molecule has 10 heteroatoms. The molecule has 1 aliphatic rings. The molecule has 0 saturated carbocycles. The molecule has 0 N–H and O–H groups in total. The first kappa shape index (κ1) is 22.0. The smallest absolute Gasteiger partial charge is 0.245 e. The molecule has 8 nitrogen and oxygen atoms in total. The first-order valence-electron chi connectivity index (χ1n) is 11.2. The number of nitrogens with zero attached hydrogens (tertiary/aromatic N) is 5. The summed E-state index contributed by atoms with van der Waals surface area (Å²) in [7, 11) is -3.76. The molecular formula is C25H21N5O3S2. The molecule has 2 aromatic heterocycles. The van der Waals surface area contributed by atoms with E-state index in [1.807, 2.05) is 66.7 Å². The Balaban J connectivity index is 1.27. The summed E-state index contributed by atoms with van der Waals surface area (Å²) in [5.41, 5.74) is 2.63. The minimum Gasteiger partial charge on any atom is -0.369 e. The summed E-state index contributed by atoms with van der Waals surface area (Å²) in [5, 5.41) is 9.81. The van der Waals surface area contributed by atoms with E-state index in [2.05, 4.69) is 15.2 Å². The fourth-order valence-corrected chi connectivity index (χ4v) is 6.71. The Hall–Kier alpha value is -3.47. The summed E-state index contributed by atoms with van der Waals surface area (Å²) < 4.78 is 33.6. The molecule has 0 aliphatic carbocycles. The van der Waals surface area contributed by atoms with Gasteiger partial charge in [-0.15, -0.1) is 0 Å². The molecule has 0 atom stereocenters. The second-order valence-corrected chi connectivity index (χ2v) is 11.2. The summed E-state index contributed by atoms with van der Waals surface area (Å²) in [6.45, 7) is 2.01. The van der Waals surface area contributed by atoms with E-state index in [4.69, 9.17) is 9.61 Å². The maximum atomic E-state index is 13.5. The van der Waals surface area contributed by atoms with Crippen molar-refractivity contribution >= 4 is 49.4 Å². The third kappa shape index (κ3) is 4.13. The number of aromatic nitrogens is 3. The van der Waals surface area contributed by atoms with Crippen molar-refractivity contribution < 1.29 is 13.0 Å². The molecule has 1 saturated heterocycles. The van der Waals surface area contributed by atoms with Crippen molar-refractivity contribution in [2.75, 3.05) is 31.1 Å². The van der Waals surface area contributed by atoms with Crippen molar-refractivity contribution in [2.45, 2.75) is 14.8 Å². The monoisotopic (exact) mass is 503 g/mol. The first-order chi connectivity index (χ1) is 17.1. The van der Waals surface area contributed by atoms with Crippen LogP contribution in [0.25, 0.3) is 21.9 Å². The van der Waals surface area contributed by atoms with E-state index in [1.54, 1.807) is 12.1 Å². The maximum absolute atomic E-state index is 13.5. The number of hydrogen-bond acceptors (Lipinski definition) is 8. The number of hydrogen-bond donors (Lipinski definition) is 0. The molecule has 0 radical (unpaired) electrons. The van der Waals surface area contributed by atoms with Crippen LogP contribution in [0.2, 0.25) is 0 Å². The highest BCUT2D eigenvalue weighted by Crippen LogP contribution is 2.35. The number of fused-ring (bicyclic) bond motifs is 2. The van der Waals surface area contributed by atoms with Crippen molar-refractivity contribution in [1.29, 1.82) is 0 Å². The van der Waals surface area contributed by atoms with E-state index < -0.39 is 10.0 Å². The first-order valence-corrected chi connectivity index (χ1v) is 13.4. The Morgan fingerprint density at radius 2 is 1.51 bits per heavy atom. The molecule has 1 aliphatic heterocycles.